The van der Waals surface area contributed by atoms with Crippen LogP contribution in [0.15, 0.2) is 23.1 Å². The Balaban J connectivity index is 2.61. The van der Waals surface area contributed by atoms with Crippen molar-refractivity contribution in [3.05, 3.63) is 23.2 Å². The van der Waals surface area contributed by atoms with Crippen LogP contribution in [0.2, 0.25) is 5.02 Å². The third-order valence-electron chi connectivity index (χ3n) is 1.72. The molecule has 1 aromatic carbocycles. The number of nitrogens with one attached hydrogen (secondary N) is 1. The molecule has 0 aliphatic carbocycles. The molecule has 1 aromatic rings. The van der Waals surface area contributed by atoms with E-state index in [0.29, 0.717) is 23.0 Å². The first-order chi connectivity index (χ1) is 7.15. The molecule has 0 atom stereocenters. The summed E-state index contributed by atoms with van der Waals surface area (Å²) in [6.07, 6.45) is 0. The highest BCUT2D eigenvalue weighted by atomic mass is 35.5. The van der Waals surface area contributed by atoms with E-state index in [1.54, 1.807) is 18.2 Å². The summed E-state index contributed by atoms with van der Waals surface area (Å²) in [4.78, 5) is 12.0. The van der Waals surface area contributed by atoms with Gasteiger partial charge in [0, 0.05) is 17.1 Å². The molecule has 82 valence electrons. The molecule has 1 rings (SSSR count). The molecule has 0 aliphatic rings. The van der Waals surface area contributed by atoms with Gasteiger partial charge in [0.05, 0.1) is 10.8 Å². The van der Waals surface area contributed by atoms with E-state index < -0.39 is 0 Å². The van der Waals surface area contributed by atoms with E-state index in [2.05, 4.69) is 5.32 Å². The lowest BCUT2D eigenvalue weighted by Gasteiger charge is -2.07. The van der Waals surface area contributed by atoms with Gasteiger partial charge in [-0.1, -0.05) is 17.7 Å². The molecule has 0 spiro atoms. The molecule has 0 aromatic heterocycles. The molecular formula is C10H13ClN2OS. The van der Waals surface area contributed by atoms with Crippen molar-refractivity contribution in [1.82, 2.24) is 5.32 Å². The molecule has 15 heavy (non-hydrogen) atoms. The van der Waals surface area contributed by atoms with E-state index in [0.717, 1.165) is 4.90 Å². The molecule has 0 unspecified atom stereocenters. The van der Waals surface area contributed by atoms with E-state index in [1.165, 1.54) is 11.8 Å². The maximum atomic E-state index is 11.2. The van der Waals surface area contributed by atoms with Gasteiger partial charge in [-0.25, -0.2) is 0 Å². The number of rotatable bonds is 4. The highest BCUT2D eigenvalue weighted by Crippen LogP contribution is 2.32. The highest BCUT2D eigenvalue weighted by molar-refractivity contribution is 8.00. The molecule has 0 fully saturated rings. The fourth-order valence-corrected chi connectivity index (χ4v) is 2.23. The molecule has 0 aliphatic heterocycles. The second-order valence-electron chi connectivity index (χ2n) is 2.90. The van der Waals surface area contributed by atoms with Crippen LogP contribution in [0.3, 0.4) is 0 Å². The van der Waals surface area contributed by atoms with E-state index in [1.807, 2.05) is 6.92 Å². The van der Waals surface area contributed by atoms with E-state index in [-0.39, 0.29) is 5.91 Å². The summed E-state index contributed by atoms with van der Waals surface area (Å²) in [5, 5.41) is 3.30. The van der Waals surface area contributed by atoms with Gasteiger partial charge in [0.2, 0.25) is 5.91 Å². The number of benzene rings is 1. The zero-order valence-corrected chi connectivity index (χ0v) is 9.99. The first-order valence-corrected chi connectivity index (χ1v) is 5.95. The van der Waals surface area contributed by atoms with Crippen LogP contribution in [0.4, 0.5) is 5.69 Å². The average molecular weight is 245 g/mol. The van der Waals surface area contributed by atoms with Gasteiger partial charge in [-0.15, -0.1) is 11.8 Å². The zero-order chi connectivity index (χ0) is 11.3. The predicted octanol–water partition coefficient (Wildman–Crippen LogP) is 2.15. The van der Waals surface area contributed by atoms with Crippen molar-refractivity contribution in [2.75, 3.05) is 18.0 Å². The third-order valence-corrected chi connectivity index (χ3v) is 3.30. The van der Waals surface area contributed by atoms with Gasteiger partial charge in [0.1, 0.15) is 0 Å². The van der Waals surface area contributed by atoms with Crippen LogP contribution in [0.1, 0.15) is 6.92 Å². The molecule has 0 heterocycles. The Morgan fingerprint density at radius 1 is 1.60 bits per heavy atom. The Hall–Kier alpha value is -0.870. The van der Waals surface area contributed by atoms with E-state index >= 15 is 0 Å². The second-order valence-corrected chi connectivity index (χ2v) is 4.29. The lowest BCUT2D eigenvalue weighted by atomic mass is 10.3. The first-order valence-electron chi connectivity index (χ1n) is 4.58. The van der Waals surface area contributed by atoms with Gasteiger partial charge in [-0.3, -0.25) is 4.79 Å². The van der Waals surface area contributed by atoms with Crippen molar-refractivity contribution >= 4 is 35.0 Å². The lowest BCUT2D eigenvalue weighted by molar-refractivity contribution is -0.118. The van der Waals surface area contributed by atoms with Crippen molar-refractivity contribution in [3.63, 3.8) is 0 Å². The molecule has 5 heteroatoms. The van der Waals surface area contributed by atoms with Gasteiger partial charge in [0.15, 0.2) is 0 Å². The third kappa shape index (κ3) is 3.64. The minimum absolute atomic E-state index is 0.0122. The highest BCUT2D eigenvalue weighted by Gasteiger charge is 2.07. The minimum Gasteiger partial charge on any atom is -0.398 e. The number of nitrogens with two attached hydrogens (primary N) is 1. The Bertz CT molecular complexity index is 337. The number of thioether (sulfide) groups is 1. The summed E-state index contributed by atoms with van der Waals surface area (Å²) >= 11 is 7.31. The first kappa shape index (κ1) is 12.2. The van der Waals surface area contributed by atoms with Gasteiger partial charge >= 0.3 is 0 Å². The van der Waals surface area contributed by atoms with Crippen LogP contribution in [0.5, 0.6) is 0 Å². The number of nitrogen functional groups attached to an aromatic ring is 1. The normalized spacial score (nSPS) is 10.0. The maximum Gasteiger partial charge on any atom is 0.230 e. The smallest absolute Gasteiger partial charge is 0.230 e. The van der Waals surface area contributed by atoms with Crippen molar-refractivity contribution in [2.24, 2.45) is 0 Å². The summed E-state index contributed by atoms with van der Waals surface area (Å²) in [7, 11) is 0. The van der Waals surface area contributed by atoms with Crippen molar-refractivity contribution in [3.8, 4) is 0 Å². The van der Waals surface area contributed by atoms with Crippen molar-refractivity contribution in [1.29, 1.82) is 0 Å². The second kappa shape index (κ2) is 5.88. The summed E-state index contributed by atoms with van der Waals surface area (Å²) in [5.74, 6) is 0.323. The molecule has 0 radical (unpaired) electrons. The van der Waals surface area contributed by atoms with E-state index in [4.69, 9.17) is 17.3 Å². The maximum absolute atomic E-state index is 11.2. The molecular weight excluding hydrogens is 232 g/mol. The topological polar surface area (TPSA) is 55.1 Å². The van der Waals surface area contributed by atoms with E-state index in [9.17, 15) is 4.79 Å². The van der Waals surface area contributed by atoms with Crippen LogP contribution < -0.4 is 11.1 Å². The lowest BCUT2D eigenvalue weighted by Crippen LogP contribution is -2.24. The number of halogens is 1. The van der Waals surface area contributed by atoms with Gasteiger partial charge in [0.25, 0.3) is 0 Å². The fourth-order valence-electron chi connectivity index (χ4n) is 1.06. The van der Waals surface area contributed by atoms with Gasteiger partial charge in [-0.2, -0.15) is 0 Å². The molecule has 1 amide bonds. The van der Waals surface area contributed by atoms with Crippen LogP contribution in [-0.2, 0) is 4.79 Å². The van der Waals surface area contributed by atoms with Crippen molar-refractivity contribution < 1.29 is 4.79 Å². The Morgan fingerprint density at radius 2 is 2.33 bits per heavy atom. The summed E-state index contributed by atoms with van der Waals surface area (Å²) in [6, 6.07) is 5.32. The Morgan fingerprint density at radius 3 is 2.93 bits per heavy atom. The molecule has 3 N–H and O–H groups in total. The molecule has 0 saturated carbocycles. The number of carbonyl (C=O) groups excluding carboxylic acids is 1. The summed E-state index contributed by atoms with van der Waals surface area (Å²) < 4.78 is 0. The van der Waals surface area contributed by atoms with Crippen molar-refractivity contribution in [2.45, 2.75) is 11.8 Å². The number of amides is 1. The zero-order valence-electron chi connectivity index (χ0n) is 8.42. The van der Waals surface area contributed by atoms with Gasteiger partial charge < -0.3 is 11.1 Å². The SMILES string of the molecule is CCNC(=O)CSc1c(N)cccc1Cl. The Kier molecular flexibility index (Phi) is 4.78. The largest absolute Gasteiger partial charge is 0.398 e. The molecule has 0 bridgehead atoms. The standard InChI is InChI=1S/C10H13ClN2OS/c1-2-13-9(14)6-15-10-7(11)4-3-5-8(10)12/h3-5H,2,6,12H2,1H3,(H,13,14). The van der Waals surface area contributed by atoms with Crippen LogP contribution in [0, 0.1) is 0 Å². The fraction of sp³-hybridized carbons (Fsp3) is 0.300. The number of hydrogen-bond acceptors (Lipinski definition) is 3. The summed E-state index contributed by atoms with van der Waals surface area (Å²) in [6.45, 7) is 2.52. The molecule has 0 saturated heterocycles. The quantitative estimate of drug-likeness (QED) is 0.630. The minimum atomic E-state index is -0.0122. The number of hydrogen-bond donors (Lipinski definition) is 2. The number of anilines is 1. The Labute approximate surface area is 98.4 Å². The van der Waals surface area contributed by atoms with Crippen LogP contribution >= 0.6 is 23.4 Å². The summed E-state index contributed by atoms with van der Waals surface area (Å²) in [5.41, 5.74) is 6.35. The monoisotopic (exact) mass is 244 g/mol. The molecule has 3 nitrogen and oxygen atoms in total. The van der Waals surface area contributed by atoms with Crippen LogP contribution in [0.25, 0.3) is 0 Å². The van der Waals surface area contributed by atoms with Gasteiger partial charge in [-0.05, 0) is 19.1 Å². The predicted molar refractivity (Wildman–Crippen MR) is 65.3 cm³/mol. The average Bonchev–Trinajstić information content (AvgIpc) is 2.17. The number of carbonyl (C=O) groups is 1. The van der Waals surface area contributed by atoms with Crippen LogP contribution in [-0.4, -0.2) is 18.2 Å².